The van der Waals surface area contributed by atoms with E-state index in [0.717, 1.165) is 38.4 Å². The SMILES string of the molecule is Cc1sc2cc(C(=O)N3CCN(C(C)C)CC3)[nH]c2c1CN1CCCCC1. The van der Waals surface area contributed by atoms with Gasteiger partial charge >= 0.3 is 0 Å². The molecule has 0 saturated carbocycles. The van der Waals surface area contributed by atoms with Crippen molar-refractivity contribution >= 4 is 27.5 Å². The van der Waals surface area contributed by atoms with Crippen LogP contribution in [0.5, 0.6) is 0 Å². The molecular formula is C21H32N4OS. The van der Waals surface area contributed by atoms with Gasteiger partial charge in [-0.1, -0.05) is 6.42 Å². The third kappa shape index (κ3) is 3.93. The standard InChI is InChI=1S/C21H32N4OS/c1-15(2)24-9-11-25(12-10-24)21(26)18-13-19-20(22-18)17(16(3)27-19)14-23-7-5-4-6-8-23/h13,15,22H,4-12,14H2,1-3H3. The Kier molecular flexibility index (Phi) is 5.58. The Bertz CT molecular complexity index is 795. The molecule has 0 bridgehead atoms. The summed E-state index contributed by atoms with van der Waals surface area (Å²) in [4.78, 5) is 24.9. The number of hydrogen-bond acceptors (Lipinski definition) is 4. The largest absolute Gasteiger partial charge is 0.350 e. The molecule has 5 nitrogen and oxygen atoms in total. The van der Waals surface area contributed by atoms with Gasteiger partial charge in [0, 0.05) is 49.2 Å². The van der Waals surface area contributed by atoms with Crippen molar-refractivity contribution < 1.29 is 4.79 Å². The Morgan fingerprint density at radius 2 is 1.81 bits per heavy atom. The molecule has 0 radical (unpaired) electrons. The summed E-state index contributed by atoms with van der Waals surface area (Å²) in [5.74, 6) is 0.156. The van der Waals surface area contributed by atoms with Crippen molar-refractivity contribution in [1.82, 2.24) is 19.7 Å². The van der Waals surface area contributed by atoms with Crippen LogP contribution in [0.15, 0.2) is 6.07 Å². The average molecular weight is 389 g/mol. The maximum atomic E-state index is 13.0. The quantitative estimate of drug-likeness (QED) is 0.869. The number of H-pyrrole nitrogens is 1. The van der Waals surface area contributed by atoms with Crippen molar-refractivity contribution in [3.63, 3.8) is 0 Å². The number of nitrogens with one attached hydrogen (secondary N) is 1. The van der Waals surface area contributed by atoms with Crippen molar-refractivity contribution in [2.24, 2.45) is 0 Å². The van der Waals surface area contributed by atoms with Gasteiger partial charge in [0.25, 0.3) is 5.91 Å². The molecule has 2 aromatic heterocycles. The average Bonchev–Trinajstić information content (AvgIpc) is 3.21. The van der Waals surface area contributed by atoms with Gasteiger partial charge in [-0.15, -0.1) is 11.3 Å². The predicted octanol–water partition coefficient (Wildman–Crippen LogP) is 3.69. The van der Waals surface area contributed by atoms with E-state index in [2.05, 4.69) is 41.6 Å². The number of rotatable bonds is 4. The van der Waals surface area contributed by atoms with Gasteiger partial charge in [-0.05, 0) is 52.8 Å². The number of fused-ring (bicyclic) bond motifs is 1. The summed E-state index contributed by atoms with van der Waals surface area (Å²) >= 11 is 1.82. The summed E-state index contributed by atoms with van der Waals surface area (Å²) in [5, 5.41) is 0. The van der Waals surface area contributed by atoms with Crippen LogP contribution < -0.4 is 0 Å². The highest BCUT2D eigenvalue weighted by atomic mass is 32.1. The van der Waals surface area contributed by atoms with Crippen LogP contribution in [0.4, 0.5) is 0 Å². The highest BCUT2D eigenvalue weighted by Crippen LogP contribution is 2.33. The molecule has 2 aliphatic rings. The van der Waals surface area contributed by atoms with Gasteiger partial charge < -0.3 is 9.88 Å². The predicted molar refractivity (Wildman–Crippen MR) is 113 cm³/mol. The second-order valence-electron chi connectivity index (χ2n) is 8.32. The molecule has 148 valence electrons. The molecule has 6 heteroatoms. The van der Waals surface area contributed by atoms with Crippen LogP contribution in [0.1, 0.15) is 54.0 Å². The summed E-state index contributed by atoms with van der Waals surface area (Å²) < 4.78 is 1.23. The van der Waals surface area contributed by atoms with E-state index in [0.29, 0.717) is 6.04 Å². The number of thiophene rings is 1. The first-order valence-electron chi connectivity index (χ1n) is 10.4. The minimum Gasteiger partial charge on any atom is -0.350 e. The summed E-state index contributed by atoms with van der Waals surface area (Å²) in [6.07, 6.45) is 3.98. The number of amides is 1. The second-order valence-corrected chi connectivity index (χ2v) is 9.57. The topological polar surface area (TPSA) is 42.6 Å². The Balaban J connectivity index is 1.49. The number of carbonyl (C=O) groups is 1. The fourth-order valence-electron chi connectivity index (χ4n) is 4.40. The molecule has 0 spiro atoms. The number of piperidine rings is 1. The molecule has 2 saturated heterocycles. The number of aromatic nitrogens is 1. The maximum Gasteiger partial charge on any atom is 0.270 e. The Morgan fingerprint density at radius 1 is 1.11 bits per heavy atom. The Labute approximate surface area is 166 Å². The van der Waals surface area contributed by atoms with E-state index in [-0.39, 0.29) is 5.91 Å². The van der Waals surface area contributed by atoms with Gasteiger partial charge in [-0.3, -0.25) is 14.6 Å². The van der Waals surface area contributed by atoms with E-state index < -0.39 is 0 Å². The van der Waals surface area contributed by atoms with Crippen LogP contribution in [0, 0.1) is 6.92 Å². The minimum atomic E-state index is 0.156. The van der Waals surface area contributed by atoms with Crippen molar-refractivity contribution in [3.8, 4) is 0 Å². The number of piperazine rings is 1. The van der Waals surface area contributed by atoms with Gasteiger partial charge in [-0.25, -0.2) is 0 Å². The summed E-state index contributed by atoms with van der Waals surface area (Å²) in [6.45, 7) is 13.7. The number of aryl methyl sites for hydroxylation is 1. The normalized spacial score (nSPS) is 20.1. The number of likely N-dealkylation sites (tertiary alicyclic amines) is 1. The van der Waals surface area contributed by atoms with E-state index >= 15 is 0 Å². The van der Waals surface area contributed by atoms with E-state index in [1.54, 1.807) is 0 Å². The molecule has 2 fully saturated rings. The molecule has 1 N–H and O–H groups in total. The van der Waals surface area contributed by atoms with Gasteiger partial charge in [0.1, 0.15) is 5.69 Å². The number of hydrogen-bond donors (Lipinski definition) is 1. The minimum absolute atomic E-state index is 0.156. The monoisotopic (exact) mass is 388 g/mol. The Hall–Kier alpha value is -1.37. The molecule has 2 aliphatic heterocycles. The molecule has 0 atom stereocenters. The smallest absolute Gasteiger partial charge is 0.270 e. The summed E-state index contributed by atoms with van der Waals surface area (Å²) in [6, 6.07) is 2.63. The number of carbonyl (C=O) groups excluding carboxylic acids is 1. The zero-order valence-electron chi connectivity index (χ0n) is 16.9. The third-order valence-corrected chi connectivity index (χ3v) is 7.26. The maximum absolute atomic E-state index is 13.0. The van der Waals surface area contributed by atoms with Crippen LogP contribution in [0.2, 0.25) is 0 Å². The van der Waals surface area contributed by atoms with Crippen LogP contribution in [-0.2, 0) is 6.54 Å². The van der Waals surface area contributed by atoms with E-state index in [9.17, 15) is 4.79 Å². The Morgan fingerprint density at radius 3 is 2.48 bits per heavy atom. The third-order valence-electron chi connectivity index (χ3n) is 6.16. The number of nitrogens with zero attached hydrogens (tertiary/aromatic N) is 3. The summed E-state index contributed by atoms with van der Waals surface area (Å²) in [7, 11) is 0. The molecule has 1 amide bonds. The van der Waals surface area contributed by atoms with Gasteiger partial charge in [0.15, 0.2) is 0 Å². The van der Waals surface area contributed by atoms with Crippen LogP contribution >= 0.6 is 11.3 Å². The highest BCUT2D eigenvalue weighted by molar-refractivity contribution is 7.19. The first-order valence-corrected chi connectivity index (χ1v) is 11.2. The first kappa shape index (κ1) is 19.0. The zero-order valence-corrected chi connectivity index (χ0v) is 17.7. The van der Waals surface area contributed by atoms with Crippen LogP contribution in [0.3, 0.4) is 0 Å². The molecule has 27 heavy (non-hydrogen) atoms. The second kappa shape index (κ2) is 7.94. The molecule has 4 heterocycles. The molecule has 0 unspecified atom stereocenters. The first-order chi connectivity index (χ1) is 13.0. The fourth-order valence-corrected chi connectivity index (χ4v) is 5.47. The van der Waals surface area contributed by atoms with Crippen molar-refractivity contribution in [3.05, 3.63) is 22.2 Å². The zero-order chi connectivity index (χ0) is 19.0. The molecule has 0 aromatic carbocycles. The van der Waals surface area contributed by atoms with E-state index in [1.807, 2.05) is 16.2 Å². The summed E-state index contributed by atoms with van der Waals surface area (Å²) in [5.41, 5.74) is 3.34. The van der Waals surface area contributed by atoms with Crippen molar-refractivity contribution in [1.29, 1.82) is 0 Å². The van der Waals surface area contributed by atoms with Gasteiger partial charge in [0.05, 0.1) is 10.2 Å². The van der Waals surface area contributed by atoms with Crippen LogP contribution in [-0.4, -0.2) is 70.9 Å². The number of aromatic amines is 1. The lowest BCUT2D eigenvalue weighted by molar-refractivity contribution is 0.0591. The lowest BCUT2D eigenvalue weighted by Gasteiger charge is -2.36. The van der Waals surface area contributed by atoms with Crippen LogP contribution in [0.25, 0.3) is 10.2 Å². The highest BCUT2D eigenvalue weighted by Gasteiger charge is 2.25. The van der Waals surface area contributed by atoms with E-state index in [1.165, 1.54) is 53.0 Å². The molecule has 2 aromatic rings. The molecule has 4 rings (SSSR count). The fraction of sp³-hybridized carbons (Fsp3) is 0.667. The van der Waals surface area contributed by atoms with E-state index in [4.69, 9.17) is 0 Å². The van der Waals surface area contributed by atoms with Gasteiger partial charge in [0.2, 0.25) is 0 Å². The van der Waals surface area contributed by atoms with Crippen molar-refractivity contribution in [2.45, 2.75) is 52.6 Å². The van der Waals surface area contributed by atoms with Gasteiger partial charge in [-0.2, -0.15) is 0 Å². The molecular weight excluding hydrogens is 356 g/mol. The molecule has 0 aliphatic carbocycles. The lowest BCUT2D eigenvalue weighted by Crippen LogP contribution is -2.50. The lowest BCUT2D eigenvalue weighted by atomic mass is 10.1. The van der Waals surface area contributed by atoms with Crippen molar-refractivity contribution in [2.75, 3.05) is 39.3 Å².